The third-order valence-corrected chi connectivity index (χ3v) is 4.81. The summed E-state index contributed by atoms with van der Waals surface area (Å²) in [6.07, 6.45) is 2.93. The lowest BCUT2D eigenvalue weighted by atomic mass is 10.2. The Bertz CT molecular complexity index is 783. The summed E-state index contributed by atoms with van der Waals surface area (Å²) in [5, 5.41) is 2.97. The van der Waals surface area contributed by atoms with E-state index in [0.29, 0.717) is 18.5 Å². The van der Waals surface area contributed by atoms with Gasteiger partial charge < -0.3 is 14.6 Å². The van der Waals surface area contributed by atoms with Crippen molar-refractivity contribution in [2.75, 3.05) is 13.7 Å². The third-order valence-electron chi connectivity index (χ3n) is 4.31. The first kappa shape index (κ1) is 20.2. The second-order valence-corrected chi connectivity index (χ2v) is 7.16. The number of carbonyl (C=O) groups excluding carboxylic acids is 2. The number of rotatable bonds is 8. The zero-order valence-corrected chi connectivity index (χ0v) is 17.1. The van der Waals surface area contributed by atoms with E-state index < -0.39 is 0 Å². The van der Waals surface area contributed by atoms with Gasteiger partial charge in [0, 0.05) is 34.5 Å². The molecule has 2 rings (SSSR count). The normalized spacial score (nSPS) is 10.6. The fourth-order valence-electron chi connectivity index (χ4n) is 2.98. The topological polar surface area (TPSA) is 60.3 Å². The van der Waals surface area contributed by atoms with Gasteiger partial charge in [-0.05, 0) is 51.0 Å². The van der Waals surface area contributed by atoms with Crippen molar-refractivity contribution in [3.63, 3.8) is 0 Å². The molecule has 1 heterocycles. The van der Waals surface area contributed by atoms with Crippen LogP contribution in [-0.4, -0.2) is 30.1 Å². The molecule has 0 saturated heterocycles. The number of nitrogens with one attached hydrogen (secondary N) is 1. The van der Waals surface area contributed by atoms with E-state index in [2.05, 4.69) is 30.6 Å². The number of halogens is 1. The fraction of sp³-hybridized carbons (Fsp3) is 0.400. The van der Waals surface area contributed by atoms with Gasteiger partial charge in [-0.25, -0.2) is 0 Å². The highest BCUT2D eigenvalue weighted by molar-refractivity contribution is 9.10. The monoisotopic (exact) mass is 420 g/mol. The molecule has 0 aliphatic carbocycles. The number of amides is 1. The van der Waals surface area contributed by atoms with Crippen molar-refractivity contribution in [1.29, 1.82) is 0 Å². The quantitative estimate of drug-likeness (QED) is 0.510. The van der Waals surface area contributed by atoms with Gasteiger partial charge in [-0.2, -0.15) is 0 Å². The van der Waals surface area contributed by atoms with Crippen LogP contribution in [0.3, 0.4) is 0 Å². The second-order valence-electron chi connectivity index (χ2n) is 6.24. The summed E-state index contributed by atoms with van der Waals surface area (Å²) in [6.45, 7) is 4.55. The summed E-state index contributed by atoms with van der Waals surface area (Å²) in [7, 11) is 1.40. The third kappa shape index (κ3) is 5.21. The van der Waals surface area contributed by atoms with E-state index in [1.54, 1.807) is 0 Å². The first-order valence-corrected chi connectivity index (χ1v) is 9.53. The zero-order valence-electron chi connectivity index (χ0n) is 15.5. The van der Waals surface area contributed by atoms with E-state index in [4.69, 9.17) is 0 Å². The SMILES string of the molecule is COC(=O)CCCCCNC(=O)c1cc(C)n(-c2cccc(Br)c2)c1C. The summed E-state index contributed by atoms with van der Waals surface area (Å²) in [5.41, 5.74) is 3.65. The Hall–Kier alpha value is -2.08. The van der Waals surface area contributed by atoms with Crippen molar-refractivity contribution in [2.24, 2.45) is 0 Å². The van der Waals surface area contributed by atoms with E-state index in [1.807, 2.05) is 44.2 Å². The molecule has 0 radical (unpaired) electrons. The van der Waals surface area contributed by atoms with Crippen LogP contribution in [0.2, 0.25) is 0 Å². The first-order valence-electron chi connectivity index (χ1n) is 8.74. The Morgan fingerprint density at radius 2 is 1.92 bits per heavy atom. The lowest BCUT2D eigenvalue weighted by molar-refractivity contribution is -0.140. The number of hydrogen-bond donors (Lipinski definition) is 1. The van der Waals surface area contributed by atoms with Gasteiger partial charge in [0.15, 0.2) is 0 Å². The molecule has 1 aromatic carbocycles. The highest BCUT2D eigenvalue weighted by Crippen LogP contribution is 2.23. The van der Waals surface area contributed by atoms with E-state index in [1.165, 1.54) is 7.11 Å². The van der Waals surface area contributed by atoms with Crippen LogP contribution in [0.4, 0.5) is 0 Å². The van der Waals surface area contributed by atoms with Gasteiger partial charge in [-0.15, -0.1) is 0 Å². The fourth-order valence-corrected chi connectivity index (χ4v) is 3.36. The van der Waals surface area contributed by atoms with Gasteiger partial charge in [0.1, 0.15) is 0 Å². The van der Waals surface area contributed by atoms with E-state index >= 15 is 0 Å². The van der Waals surface area contributed by atoms with Crippen molar-refractivity contribution in [3.05, 3.63) is 51.8 Å². The lowest BCUT2D eigenvalue weighted by Gasteiger charge is -2.10. The molecule has 5 nitrogen and oxygen atoms in total. The Balaban J connectivity index is 1.94. The molecule has 0 unspecified atom stereocenters. The summed E-state index contributed by atoms with van der Waals surface area (Å²) in [5.74, 6) is -0.249. The van der Waals surface area contributed by atoms with Gasteiger partial charge in [-0.1, -0.05) is 28.4 Å². The van der Waals surface area contributed by atoms with Crippen LogP contribution in [0, 0.1) is 13.8 Å². The van der Waals surface area contributed by atoms with Crippen LogP contribution >= 0.6 is 15.9 Å². The minimum absolute atomic E-state index is 0.0627. The molecule has 6 heteroatoms. The van der Waals surface area contributed by atoms with Crippen LogP contribution in [0.1, 0.15) is 47.4 Å². The number of nitrogens with zero attached hydrogens (tertiary/aromatic N) is 1. The standard InChI is InChI=1S/C20H25BrN2O3/c1-14-12-18(15(2)23(14)17-9-7-8-16(21)13-17)20(25)22-11-6-4-5-10-19(24)26-3/h7-9,12-13H,4-6,10-11H2,1-3H3,(H,22,25). The van der Waals surface area contributed by atoms with Crippen molar-refractivity contribution < 1.29 is 14.3 Å². The van der Waals surface area contributed by atoms with Crippen LogP contribution in [-0.2, 0) is 9.53 Å². The van der Waals surface area contributed by atoms with Crippen molar-refractivity contribution >= 4 is 27.8 Å². The number of methoxy groups -OCH3 is 1. The molecule has 1 aromatic heterocycles. The average molecular weight is 421 g/mol. The summed E-state index contributed by atoms with van der Waals surface area (Å²) < 4.78 is 7.69. The molecule has 0 fully saturated rings. The minimum Gasteiger partial charge on any atom is -0.469 e. The van der Waals surface area contributed by atoms with E-state index in [9.17, 15) is 9.59 Å². The van der Waals surface area contributed by atoms with Crippen LogP contribution < -0.4 is 5.32 Å². The molecule has 2 aromatic rings. The zero-order chi connectivity index (χ0) is 19.1. The van der Waals surface area contributed by atoms with Gasteiger partial charge in [0.05, 0.1) is 12.7 Å². The molecule has 1 amide bonds. The Morgan fingerprint density at radius 1 is 1.15 bits per heavy atom. The number of benzene rings is 1. The molecule has 1 N–H and O–H groups in total. The van der Waals surface area contributed by atoms with Crippen LogP contribution in [0.5, 0.6) is 0 Å². The number of carbonyl (C=O) groups is 2. The number of aromatic nitrogens is 1. The largest absolute Gasteiger partial charge is 0.469 e. The second kappa shape index (κ2) is 9.57. The summed E-state index contributed by atoms with van der Waals surface area (Å²) in [4.78, 5) is 23.6. The van der Waals surface area contributed by atoms with Crippen LogP contribution in [0.25, 0.3) is 5.69 Å². The van der Waals surface area contributed by atoms with Crippen molar-refractivity contribution in [3.8, 4) is 5.69 Å². The number of hydrogen-bond acceptors (Lipinski definition) is 3. The number of esters is 1. The Kier molecular flexibility index (Phi) is 7.45. The van der Waals surface area contributed by atoms with Crippen LogP contribution in [0.15, 0.2) is 34.8 Å². The maximum atomic E-state index is 12.5. The number of ether oxygens (including phenoxy) is 1. The summed E-state index contributed by atoms with van der Waals surface area (Å²) >= 11 is 3.49. The molecule has 0 spiro atoms. The Morgan fingerprint density at radius 3 is 2.62 bits per heavy atom. The average Bonchev–Trinajstić information content (AvgIpc) is 2.92. The molecule has 0 saturated carbocycles. The lowest BCUT2D eigenvalue weighted by Crippen LogP contribution is -2.25. The highest BCUT2D eigenvalue weighted by atomic mass is 79.9. The molecular formula is C20H25BrN2O3. The maximum absolute atomic E-state index is 12.5. The number of unbranched alkanes of at least 4 members (excludes halogenated alkanes) is 2. The smallest absolute Gasteiger partial charge is 0.305 e. The molecule has 0 aliphatic heterocycles. The predicted molar refractivity (Wildman–Crippen MR) is 106 cm³/mol. The minimum atomic E-state index is -0.186. The molecule has 0 bridgehead atoms. The van der Waals surface area contributed by atoms with Gasteiger partial charge >= 0.3 is 5.97 Å². The van der Waals surface area contributed by atoms with E-state index in [0.717, 1.165) is 40.8 Å². The number of aryl methyl sites for hydroxylation is 1. The molecular weight excluding hydrogens is 396 g/mol. The van der Waals surface area contributed by atoms with Gasteiger partial charge in [0.25, 0.3) is 5.91 Å². The molecule has 140 valence electrons. The predicted octanol–water partition coefficient (Wildman–Crippen LogP) is 4.32. The molecule has 0 aliphatic rings. The van der Waals surface area contributed by atoms with Gasteiger partial charge in [-0.3, -0.25) is 9.59 Å². The Labute approximate surface area is 162 Å². The molecule has 26 heavy (non-hydrogen) atoms. The summed E-state index contributed by atoms with van der Waals surface area (Å²) in [6, 6.07) is 9.93. The first-order chi connectivity index (χ1) is 12.4. The van der Waals surface area contributed by atoms with Gasteiger partial charge in [0.2, 0.25) is 0 Å². The van der Waals surface area contributed by atoms with E-state index in [-0.39, 0.29) is 11.9 Å². The van der Waals surface area contributed by atoms with Crippen molar-refractivity contribution in [2.45, 2.75) is 39.5 Å². The molecule has 0 atom stereocenters. The highest BCUT2D eigenvalue weighted by Gasteiger charge is 2.16. The van der Waals surface area contributed by atoms with Crippen molar-refractivity contribution in [1.82, 2.24) is 9.88 Å². The maximum Gasteiger partial charge on any atom is 0.305 e.